The van der Waals surface area contributed by atoms with E-state index in [1.54, 1.807) is 0 Å². The van der Waals surface area contributed by atoms with Crippen molar-refractivity contribution in [1.29, 1.82) is 0 Å². The van der Waals surface area contributed by atoms with Crippen molar-refractivity contribution in [3.63, 3.8) is 0 Å². The van der Waals surface area contributed by atoms with E-state index in [0.29, 0.717) is 0 Å². The number of hydrogen-bond acceptors (Lipinski definition) is 0. The highest BCUT2D eigenvalue weighted by Crippen LogP contribution is 2.45. The molecule has 1 N–H and O–H groups in total. The third-order valence-electron chi connectivity index (χ3n) is 7.11. The van der Waals surface area contributed by atoms with Gasteiger partial charge in [-0.25, -0.2) is 0 Å². The molecule has 1 aliphatic rings. The van der Waals surface area contributed by atoms with Gasteiger partial charge in [0.05, 0.1) is 22.1 Å². The van der Waals surface area contributed by atoms with Crippen LogP contribution in [0.2, 0.25) is 0 Å². The molecule has 0 aliphatic heterocycles. The SMILES string of the molecule is C1=Cc2ccc3[nH]c4c(cc5c6ccccc6n6c7ccccc7c4c56)c3c2CC1. The van der Waals surface area contributed by atoms with Gasteiger partial charge in [-0.3, -0.25) is 0 Å². The summed E-state index contributed by atoms with van der Waals surface area (Å²) in [5.74, 6) is 0. The van der Waals surface area contributed by atoms with Crippen LogP contribution in [-0.4, -0.2) is 9.38 Å². The summed E-state index contributed by atoms with van der Waals surface area (Å²) in [5.41, 5.74) is 9.30. The number of rotatable bonds is 0. The number of para-hydroxylation sites is 2. The first-order chi connectivity index (χ1) is 14.9. The molecule has 3 heterocycles. The molecular formula is C28H18N2. The van der Waals surface area contributed by atoms with E-state index < -0.39 is 0 Å². The molecule has 3 aromatic heterocycles. The Morgan fingerprint density at radius 3 is 2.43 bits per heavy atom. The zero-order chi connectivity index (χ0) is 19.4. The maximum atomic E-state index is 3.82. The molecule has 0 saturated carbocycles. The molecule has 0 amide bonds. The molecule has 0 radical (unpaired) electrons. The molecule has 0 fully saturated rings. The van der Waals surface area contributed by atoms with E-state index in [1.807, 2.05) is 0 Å². The summed E-state index contributed by atoms with van der Waals surface area (Å²) < 4.78 is 2.46. The van der Waals surface area contributed by atoms with Gasteiger partial charge < -0.3 is 9.38 Å². The predicted molar refractivity (Wildman–Crippen MR) is 128 cm³/mol. The second kappa shape index (κ2) is 5.03. The molecule has 2 heteroatoms. The van der Waals surface area contributed by atoms with Gasteiger partial charge in [-0.2, -0.15) is 0 Å². The first kappa shape index (κ1) is 15.1. The Balaban J connectivity index is 1.75. The van der Waals surface area contributed by atoms with Gasteiger partial charge in [-0.05, 0) is 48.2 Å². The Hall–Kier alpha value is -3.78. The van der Waals surface area contributed by atoms with Crippen LogP contribution in [0.25, 0.3) is 66.0 Å². The van der Waals surface area contributed by atoms with Crippen molar-refractivity contribution in [2.75, 3.05) is 0 Å². The van der Waals surface area contributed by atoms with Crippen LogP contribution in [0.1, 0.15) is 17.5 Å². The van der Waals surface area contributed by atoms with Gasteiger partial charge in [0.2, 0.25) is 0 Å². The number of H-pyrrole nitrogens is 1. The van der Waals surface area contributed by atoms with Crippen LogP contribution in [0.15, 0.2) is 72.8 Å². The number of aryl methyl sites for hydroxylation is 1. The first-order valence-electron chi connectivity index (χ1n) is 10.7. The third kappa shape index (κ3) is 1.60. The van der Waals surface area contributed by atoms with E-state index >= 15 is 0 Å². The van der Waals surface area contributed by atoms with Gasteiger partial charge in [0.15, 0.2) is 0 Å². The minimum atomic E-state index is 1.11. The summed E-state index contributed by atoms with van der Waals surface area (Å²) in [7, 11) is 0. The van der Waals surface area contributed by atoms with Crippen molar-refractivity contribution in [3.05, 3.63) is 83.9 Å². The fourth-order valence-corrected chi connectivity index (χ4v) is 5.92. The van der Waals surface area contributed by atoms with Crippen LogP contribution in [0, 0.1) is 0 Å². The summed E-state index contributed by atoms with van der Waals surface area (Å²) in [4.78, 5) is 3.82. The van der Waals surface area contributed by atoms with Crippen molar-refractivity contribution in [2.24, 2.45) is 0 Å². The van der Waals surface area contributed by atoms with E-state index in [-0.39, 0.29) is 0 Å². The van der Waals surface area contributed by atoms with Crippen LogP contribution in [-0.2, 0) is 6.42 Å². The predicted octanol–water partition coefficient (Wildman–Crippen LogP) is 7.43. The summed E-state index contributed by atoms with van der Waals surface area (Å²) >= 11 is 0. The second-order valence-electron chi connectivity index (χ2n) is 8.56. The normalized spacial score (nSPS) is 14.3. The number of aromatic amines is 1. The van der Waals surface area contributed by atoms with Crippen LogP contribution in [0.4, 0.5) is 0 Å². The largest absolute Gasteiger partial charge is 0.354 e. The van der Waals surface area contributed by atoms with Crippen molar-refractivity contribution in [1.82, 2.24) is 9.38 Å². The Morgan fingerprint density at radius 2 is 1.53 bits per heavy atom. The van der Waals surface area contributed by atoms with Crippen molar-refractivity contribution in [3.8, 4) is 0 Å². The molecule has 4 aromatic carbocycles. The topological polar surface area (TPSA) is 20.2 Å². The lowest BCUT2D eigenvalue weighted by Gasteiger charge is -2.11. The van der Waals surface area contributed by atoms with Crippen molar-refractivity contribution >= 4 is 66.0 Å². The summed E-state index contributed by atoms with van der Waals surface area (Å²) in [6.07, 6.45) is 6.82. The van der Waals surface area contributed by atoms with Crippen LogP contribution in [0.5, 0.6) is 0 Å². The van der Waals surface area contributed by atoms with Crippen molar-refractivity contribution in [2.45, 2.75) is 12.8 Å². The standard InChI is InChI=1S/C28H18N2/c1-2-8-17-16(7-1)13-14-22-25(17)21-15-20-18-9-3-5-11-23(18)30-24-12-6-4-10-19(24)26(28(20)30)27(21)29-22/h1,3-7,9-15,29H,2,8H2. The Kier molecular flexibility index (Phi) is 2.53. The van der Waals surface area contributed by atoms with Gasteiger partial charge in [0.25, 0.3) is 0 Å². The number of hydrogen-bond donors (Lipinski definition) is 1. The van der Waals surface area contributed by atoms with Crippen LogP contribution < -0.4 is 0 Å². The van der Waals surface area contributed by atoms with Crippen molar-refractivity contribution < 1.29 is 0 Å². The number of allylic oxidation sites excluding steroid dienone is 1. The minimum absolute atomic E-state index is 1.11. The zero-order valence-corrected chi connectivity index (χ0v) is 16.4. The summed E-state index contributed by atoms with van der Waals surface area (Å²) in [5, 5.41) is 8.14. The summed E-state index contributed by atoms with van der Waals surface area (Å²) in [6, 6.07) is 24.6. The third-order valence-corrected chi connectivity index (χ3v) is 7.11. The molecule has 0 atom stereocenters. The zero-order valence-electron chi connectivity index (χ0n) is 16.4. The summed E-state index contributed by atoms with van der Waals surface area (Å²) in [6.45, 7) is 0. The van der Waals surface area contributed by atoms with E-state index in [1.165, 1.54) is 71.0 Å². The minimum Gasteiger partial charge on any atom is -0.354 e. The van der Waals surface area contributed by atoms with Gasteiger partial charge in [0.1, 0.15) is 0 Å². The second-order valence-corrected chi connectivity index (χ2v) is 8.56. The van der Waals surface area contributed by atoms with Crippen LogP contribution in [0.3, 0.4) is 0 Å². The average molecular weight is 382 g/mol. The molecule has 0 saturated heterocycles. The van der Waals surface area contributed by atoms with Gasteiger partial charge >= 0.3 is 0 Å². The van der Waals surface area contributed by atoms with E-state index in [2.05, 4.69) is 88.3 Å². The number of benzene rings is 4. The molecule has 0 bridgehead atoms. The van der Waals surface area contributed by atoms with Gasteiger partial charge in [-0.1, -0.05) is 54.6 Å². The lowest BCUT2D eigenvalue weighted by molar-refractivity contribution is 0.998. The molecule has 140 valence electrons. The van der Waals surface area contributed by atoms with Gasteiger partial charge in [-0.15, -0.1) is 0 Å². The first-order valence-corrected chi connectivity index (χ1v) is 10.7. The fraction of sp³-hybridized carbons (Fsp3) is 0.0714. The van der Waals surface area contributed by atoms with E-state index in [4.69, 9.17) is 0 Å². The maximum absolute atomic E-state index is 3.82. The monoisotopic (exact) mass is 382 g/mol. The lowest BCUT2D eigenvalue weighted by atomic mass is 9.92. The van der Waals surface area contributed by atoms with E-state index in [9.17, 15) is 0 Å². The number of nitrogens with one attached hydrogen (secondary N) is 1. The lowest BCUT2D eigenvalue weighted by Crippen LogP contribution is -1.94. The molecule has 7 aromatic rings. The molecule has 0 spiro atoms. The average Bonchev–Trinajstić information content (AvgIpc) is 3.44. The Morgan fingerprint density at radius 1 is 0.733 bits per heavy atom. The Labute approximate surface area is 172 Å². The van der Waals surface area contributed by atoms with Gasteiger partial charge in [0, 0.05) is 37.8 Å². The number of nitrogens with zero attached hydrogens (tertiary/aromatic N) is 1. The highest BCUT2D eigenvalue weighted by atomic mass is 14.9. The molecular weight excluding hydrogens is 364 g/mol. The number of aromatic nitrogens is 2. The number of fused-ring (bicyclic) bond motifs is 12. The molecule has 30 heavy (non-hydrogen) atoms. The maximum Gasteiger partial charge on any atom is 0.0641 e. The molecule has 2 nitrogen and oxygen atoms in total. The quantitative estimate of drug-likeness (QED) is 0.281. The fourth-order valence-electron chi connectivity index (χ4n) is 5.92. The Bertz CT molecular complexity index is 1840. The molecule has 0 unspecified atom stereocenters. The van der Waals surface area contributed by atoms with E-state index in [0.717, 1.165) is 12.8 Å². The molecule has 8 rings (SSSR count). The van der Waals surface area contributed by atoms with Crippen LogP contribution >= 0.6 is 0 Å². The molecule has 1 aliphatic carbocycles. The highest BCUT2D eigenvalue weighted by molar-refractivity contribution is 6.33. The highest BCUT2D eigenvalue weighted by Gasteiger charge is 2.22. The smallest absolute Gasteiger partial charge is 0.0641 e.